The van der Waals surface area contributed by atoms with Gasteiger partial charge in [0, 0.05) is 11.3 Å². The fourth-order valence-electron chi connectivity index (χ4n) is 4.12. The van der Waals surface area contributed by atoms with Gasteiger partial charge >= 0.3 is 11.6 Å². The number of carbonyl (C=O) groups is 1. The van der Waals surface area contributed by atoms with E-state index in [-0.39, 0.29) is 5.97 Å². The summed E-state index contributed by atoms with van der Waals surface area (Å²) in [5.41, 5.74) is 4.31. The second-order valence-corrected chi connectivity index (χ2v) is 7.22. The minimum absolute atomic E-state index is 0.294. The van der Waals surface area contributed by atoms with Crippen LogP contribution < -0.4 is 5.63 Å². The van der Waals surface area contributed by atoms with E-state index in [1.165, 1.54) is 0 Å². The van der Waals surface area contributed by atoms with Gasteiger partial charge < -0.3 is 9.15 Å². The first-order valence-electron chi connectivity index (χ1n) is 9.48. The van der Waals surface area contributed by atoms with Gasteiger partial charge in [0.15, 0.2) is 0 Å². The van der Waals surface area contributed by atoms with Gasteiger partial charge in [-0.25, -0.2) is 4.79 Å². The van der Waals surface area contributed by atoms with Crippen molar-refractivity contribution in [3.05, 3.63) is 86.8 Å². The van der Waals surface area contributed by atoms with Gasteiger partial charge in [-0.2, -0.15) is 0 Å². The van der Waals surface area contributed by atoms with Gasteiger partial charge in [-0.1, -0.05) is 54.1 Å². The van der Waals surface area contributed by atoms with Crippen LogP contribution in [-0.4, -0.2) is 12.6 Å². The van der Waals surface area contributed by atoms with Crippen molar-refractivity contribution < 1.29 is 13.9 Å². The third-order valence-electron chi connectivity index (χ3n) is 5.35. The van der Waals surface area contributed by atoms with Crippen LogP contribution in [0.25, 0.3) is 17.0 Å². The maximum absolute atomic E-state index is 13.1. The monoisotopic (exact) mass is 374 g/mol. The lowest BCUT2D eigenvalue weighted by Gasteiger charge is -2.31. The predicted octanol–water partition coefficient (Wildman–Crippen LogP) is 4.83. The van der Waals surface area contributed by atoms with Crippen LogP contribution in [-0.2, 0) is 9.53 Å². The van der Waals surface area contributed by atoms with Gasteiger partial charge in [0.05, 0.1) is 18.1 Å². The highest BCUT2D eigenvalue weighted by Gasteiger charge is 2.40. The minimum Gasteiger partial charge on any atom is -0.466 e. The van der Waals surface area contributed by atoms with Crippen LogP contribution in [0.2, 0.25) is 0 Å². The molecule has 0 bridgehead atoms. The molecule has 0 amide bonds. The fraction of sp³-hybridized carbons (Fsp3) is 0.250. The van der Waals surface area contributed by atoms with Crippen LogP contribution in [0.1, 0.15) is 42.0 Å². The quantitative estimate of drug-likeness (QED) is 0.487. The lowest BCUT2D eigenvalue weighted by Crippen LogP contribution is -2.32. The van der Waals surface area contributed by atoms with Gasteiger partial charge in [0.2, 0.25) is 0 Å². The van der Waals surface area contributed by atoms with E-state index >= 15 is 0 Å². The molecule has 2 atom stereocenters. The standard InChI is InChI=1S/C24H22O4/c1-4-27-23(25)20-15(3)13-18-17-11-10-14(2)12-19(17)28-24(26)22(18)21(20)16-8-6-5-7-9-16/h5-13,20-21H,4H2,1-3H3. The van der Waals surface area contributed by atoms with Crippen LogP contribution in [0.4, 0.5) is 0 Å². The van der Waals surface area contributed by atoms with Crippen molar-refractivity contribution in [1.29, 1.82) is 0 Å². The molecule has 0 fully saturated rings. The Kier molecular flexibility index (Phi) is 4.63. The number of rotatable bonds is 3. The third kappa shape index (κ3) is 2.95. The number of esters is 1. The molecule has 142 valence electrons. The molecule has 2 unspecified atom stereocenters. The summed E-state index contributed by atoms with van der Waals surface area (Å²) in [7, 11) is 0. The molecule has 0 N–H and O–H groups in total. The summed E-state index contributed by atoms with van der Waals surface area (Å²) in [5.74, 6) is -1.32. The molecule has 0 saturated carbocycles. The van der Waals surface area contributed by atoms with Crippen molar-refractivity contribution in [3.8, 4) is 0 Å². The summed E-state index contributed by atoms with van der Waals surface area (Å²) in [6.45, 7) is 5.97. The number of fused-ring (bicyclic) bond motifs is 3. The van der Waals surface area contributed by atoms with E-state index < -0.39 is 17.5 Å². The van der Waals surface area contributed by atoms with E-state index in [9.17, 15) is 9.59 Å². The van der Waals surface area contributed by atoms with Gasteiger partial charge in [-0.15, -0.1) is 0 Å². The van der Waals surface area contributed by atoms with Crippen molar-refractivity contribution in [2.75, 3.05) is 6.61 Å². The van der Waals surface area contributed by atoms with Crippen LogP contribution in [0.15, 0.2) is 63.3 Å². The number of hydrogen-bond donors (Lipinski definition) is 0. The Balaban J connectivity index is 2.04. The van der Waals surface area contributed by atoms with E-state index in [2.05, 4.69) is 0 Å². The first kappa shape index (κ1) is 18.2. The van der Waals surface area contributed by atoms with Crippen LogP contribution in [0, 0.1) is 12.8 Å². The first-order valence-corrected chi connectivity index (χ1v) is 9.48. The largest absolute Gasteiger partial charge is 0.466 e. The van der Waals surface area contributed by atoms with E-state index in [4.69, 9.17) is 9.15 Å². The summed E-state index contributed by atoms with van der Waals surface area (Å²) >= 11 is 0. The highest BCUT2D eigenvalue weighted by atomic mass is 16.5. The first-order chi connectivity index (χ1) is 13.5. The van der Waals surface area contributed by atoms with E-state index in [0.717, 1.165) is 27.6 Å². The molecule has 1 aliphatic carbocycles. The normalized spacial score (nSPS) is 18.5. The molecule has 28 heavy (non-hydrogen) atoms. The molecular formula is C24H22O4. The molecule has 4 rings (SSSR count). The molecule has 2 aromatic carbocycles. The van der Waals surface area contributed by atoms with Gasteiger partial charge in [-0.05, 0) is 43.5 Å². The number of benzene rings is 2. The zero-order chi connectivity index (χ0) is 19.8. The van der Waals surface area contributed by atoms with Crippen molar-refractivity contribution in [2.24, 2.45) is 5.92 Å². The Morgan fingerprint density at radius 2 is 1.86 bits per heavy atom. The average molecular weight is 374 g/mol. The Morgan fingerprint density at radius 1 is 1.11 bits per heavy atom. The summed E-state index contributed by atoms with van der Waals surface area (Å²) in [6, 6.07) is 15.5. The Bertz CT molecular complexity index is 1140. The Morgan fingerprint density at radius 3 is 2.57 bits per heavy atom. The van der Waals surface area contributed by atoms with E-state index in [1.54, 1.807) is 6.92 Å². The number of ether oxygens (including phenoxy) is 1. The lowest BCUT2D eigenvalue weighted by molar-refractivity contribution is -0.147. The summed E-state index contributed by atoms with van der Waals surface area (Å²) < 4.78 is 11.0. The van der Waals surface area contributed by atoms with Crippen molar-refractivity contribution in [3.63, 3.8) is 0 Å². The fourth-order valence-corrected chi connectivity index (χ4v) is 4.12. The second-order valence-electron chi connectivity index (χ2n) is 7.22. The SMILES string of the molecule is CCOC(=O)C1C(C)=Cc2c(c(=O)oc3cc(C)ccc23)C1c1ccccc1. The minimum atomic E-state index is -0.555. The third-order valence-corrected chi connectivity index (χ3v) is 5.35. The Labute approximate surface area is 163 Å². The molecule has 1 aromatic heterocycles. The smallest absolute Gasteiger partial charge is 0.340 e. The number of carbonyl (C=O) groups excluding carboxylic acids is 1. The molecule has 1 heterocycles. The Hall–Kier alpha value is -3.14. The van der Waals surface area contributed by atoms with Crippen molar-refractivity contribution >= 4 is 23.0 Å². The molecule has 0 spiro atoms. The van der Waals surface area contributed by atoms with Crippen molar-refractivity contribution in [1.82, 2.24) is 0 Å². The zero-order valence-electron chi connectivity index (χ0n) is 16.2. The summed E-state index contributed by atoms with van der Waals surface area (Å²) in [6.07, 6.45) is 1.94. The number of aryl methyl sites for hydroxylation is 1. The van der Waals surface area contributed by atoms with Gasteiger partial charge in [0.25, 0.3) is 0 Å². The highest BCUT2D eigenvalue weighted by molar-refractivity contribution is 5.92. The molecular weight excluding hydrogens is 352 g/mol. The second kappa shape index (κ2) is 7.12. The molecule has 0 aliphatic heterocycles. The molecule has 4 nitrogen and oxygen atoms in total. The van der Waals surface area contributed by atoms with Crippen LogP contribution >= 0.6 is 0 Å². The lowest BCUT2D eigenvalue weighted by atomic mass is 9.72. The van der Waals surface area contributed by atoms with E-state index in [0.29, 0.717) is 17.8 Å². The van der Waals surface area contributed by atoms with Gasteiger partial charge in [-0.3, -0.25) is 4.79 Å². The highest BCUT2D eigenvalue weighted by Crippen LogP contribution is 2.43. The van der Waals surface area contributed by atoms with Crippen molar-refractivity contribution in [2.45, 2.75) is 26.7 Å². The summed E-state index contributed by atoms with van der Waals surface area (Å²) in [5, 5.41) is 0.878. The molecule has 0 saturated heterocycles. The van der Waals surface area contributed by atoms with Gasteiger partial charge in [0.1, 0.15) is 5.58 Å². The molecule has 1 aliphatic rings. The zero-order valence-corrected chi connectivity index (χ0v) is 16.2. The molecule has 3 aromatic rings. The molecule has 4 heteroatoms. The maximum atomic E-state index is 13.1. The topological polar surface area (TPSA) is 56.5 Å². The number of hydrogen-bond acceptors (Lipinski definition) is 4. The van der Waals surface area contributed by atoms with E-state index in [1.807, 2.05) is 68.5 Å². The maximum Gasteiger partial charge on any atom is 0.340 e. The van der Waals surface area contributed by atoms with Crippen LogP contribution in [0.5, 0.6) is 0 Å². The van der Waals surface area contributed by atoms with Crippen LogP contribution in [0.3, 0.4) is 0 Å². The average Bonchev–Trinajstić information content (AvgIpc) is 2.67. The predicted molar refractivity (Wildman–Crippen MR) is 109 cm³/mol. The molecule has 0 radical (unpaired) electrons. The summed E-state index contributed by atoms with van der Waals surface area (Å²) in [4.78, 5) is 25.9.